The number of carbonyl (C=O) groups is 2. The molecule has 122 valence electrons. The molecule has 6 nitrogen and oxygen atoms in total. The normalized spacial score (nSPS) is 20.3. The Bertz CT molecular complexity index is 755. The minimum absolute atomic E-state index is 0.0766. The number of likely N-dealkylation sites (N-methyl/N-ethyl adjacent to an activating group) is 1. The second-order valence-electron chi connectivity index (χ2n) is 6.22. The number of imidazole rings is 1. The van der Waals surface area contributed by atoms with Crippen LogP contribution in [0.15, 0.2) is 30.6 Å². The highest BCUT2D eigenvalue weighted by molar-refractivity contribution is 8.01. The van der Waals surface area contributed by atoms with Gasteiger partial charge >= 0.3 is 0 Å². The predicted molar refractivity (Wildman–Crippen MR) is 90.1 cm³/mol. The molecular formula is C16H20N4O2S. The molecule has 1 saturated heterocycles. The average Bonchev–Trinajstić information content (AvgIpc) is 2.92. The van der Waals surface area contributed by atoms with Gasteiger partial charge in [-0.2, -0.15) is 0 Å². The maximum Gasteiger partial charge on any atom is 0.246 e. The minimum atomic E-state index is -0.475. The summed E-state index contributed by atoms with van der Waals surface area (Å²) in [4.78, 5) is 30.6. The van der Waals surface area contributed by atoms with Crippen LogP contribution in [0.3, 0.4) is 0 Å². The largest absolute Gasteiger partial charge is 0.342 e. The first kappa shape index (κ1) is 15.9. The van der Waals surface area contributed by atoms with E-state index in [4.69, 9.17) is 0 Å². The number of hydrogen-bond donors (Lipinski definition) is 1. The third kappa shape index (κ3) is 3.06. The van der Waals surface area contributed by atoms with E-state index < -0.39 is 10.8 Å². The van der Waals surface area contributed by atoms with Gasteiger partial charge < -0.3 is 14.6 Å². The Kier molecular flexibility index (Phi) is 4.06. The van der Waals surface area contributed by atoms with Crippen LogP contribution in [0.2, 0.25) is 0 Å². The van der Waals surface area contributed by atoms with E-state index in [9.17, 15) is 9.59 Å². The number of nitrogens with zero attached hydrogens (tertiary/aromatic N) is 3. The number of rotatable bonds is 3. The fraction of sp³-hybridized carbons (Fsp3) is 0.438. The van der Waals surface area contributed by atoms with Gasteiger partial charge in [0, 0.05) is 19.0 Å². The van der Waals surface area contributed by atoms with E-state index in [0.29, 0.717) is 12.3 Å². The van der Waals surface area contributed by atoms with Crippen molar-refractivity contribution < 1.29 is 9.59 Å². The number of nitrogens with one attached hydrogen (secondary N) is 1. The number of aromatic nitrogens is 2. The van der Waals surface area contributed by atoms with Crippen molar-refractivity contribution in [1.29, 1.82) is 0 Å². The van der Waals surface area contributed by atoms with Crippen LogP contribution in [-0.4, -0.2) is 49.7 Å². The second-order valence-corrected chi connectivity index (χ2v) is 7.86. The lowest BCUT2D eigenvalue weighted by Gasteiger charge is -2.34. The molecule has 1 aliphatic heterocycles. The Balaban J connectivity index is 1.70. The third-order valence-corrected chi connectivity index (χ3v) is 5.44. The Hall–Kier alpha value is -2.02. The highest BCUT2D eigenvalue weighted by atomic mass is 32.2. The molecule has 0 spiro atoms. The summed E-state index contributed by atoms with van der Waals surface area (Å²) in [6, 6.07) is 5.31. The summed E-state index contributed by atoms with van der Waals surface area (Å²) in [5.74, 6) is 0.428. The van der Waals surface area contributed by atoms with Gasteiger partial charge in [0.05, 0.1) is 23.2 Å². The van der Waals surface area contributed by atoms with Gasteiger partial charge in [-0.05, 0) is 26.0 Å². The molecule has 23 heavy (non-hydrogen) atoms. The summed E-state index contributed by atoms with van der Waals surface area (Å²) >= 11 is 1.52. The summed E-state index contributed by atoms with van der Waals surface area (Å²) in [7, 11) is 1.75. The maximum atomic E-state index is 12.6. The zero-order chi connectivity index (χ0) is 16.6. The minimum Gasteiger partial charge on any atom is -0.342 e. The van der Waals surface area contributed by atoms with Crippen molar-refractivity contribution in [1.82, 2.24) is 19.6 Å². The molecule has 0 aliphatic carbocycles. The van der Waals surface area contributed by atoms with Gasteiger partial charge in [0.25, 0.3) is 0 Å². The number of thioether (sulfide) groups is 1. The fourth-order valence-corrected chi connectivity index (χ4v) is 3.55. The molecule has 1 unspecified atom stereocenters. The van der Waals surface area contributed by atoms with Crippen LogP contribution < -0.4 is 5.32 Å². The number of amides is 2. The van der Waals surface area contributed by atoms with Crippen molar-refractivity contribution in [2.24, 2.45) is 0 Å². The molecule has 1 atom stereocenters. The van der Waals surface area contributed by atoms with Crippen LogP contribution in [0.4, 0.5) is 0 Å². The van der Waals surface area contributed by atoms with E-state index in [-0.39, 0.29) is 11.8 Å². The molecule has 3 rings (SSSR count). The Morgan fingerprint density at radius 1 is 1.52 bits per heavy atom. The number of carbonyl (C=O) groups excluding carboxylic acids is 2. The average molecular weight is 332 g/mol. The molecule has 1 fully saturated rings. The van der Waals surface area contributed by atoms with E-state index in [2.05, 4.69) is 10.3 Å². The van der Waals surface area contributed by atoms with Crippen molar-refractivity contribution in [3.8, 4) is 0 Å². The topological polar surface area (TPSA) is 66.7 Å². The van der Waals surface area contributed by atoms with Gasteiger partial charge in [-0.1, -0.05) is 6.07 Å². The van der Waals surface area contributed by atoms with Gasteiger partial charge in [-0.15, -0.1) is 11.8 Å². The fourth-order valence-electron chi connectivity index (χ4n) is 2.55. The van der Waals surface area contributed by atoms with Crippen LogP contribution in [0.5, 0.6) is 0 Å². The summed E-state index contributed by atoms with van der Waals surface area (Å²) in [5.41, 5.74) is 1.79. The Morgan fingerprint density at radius 3 is 3.04 bits per heavy atom. The van der Waals surface area contributed by atoms with Crippen molar-refractivity contribution in [3.63, 3.8) is 0 Å². The first-order chi connectivity index (χ1) is 10.9. The van der Waals surface area contributed by atoms with Crippen molar-refractivity contribution in [2.45, 2.75) is 31.2 Å². The lowest BCUT2D eigenvalue weighted by Crippen LogP contribution is -2.57. The van der Waals surface area contributed by atoms with Crippen molar-refractivity contribution in [2.75, 3.05) is 12.8 Å². The standard InChI is InChI=1S/C16H20N4O2S/c1-16(2)15(22)18-12(10-23-16)14(21)19(3)9-11-8-17-13-6-4-5-7-20(11)13/h4-8,12H,9-10H2,1-3H3,(H,18,22). The quantitative estimate of drug-likeness (QED) is 0.920. The zero-order valence-electron chi connectivity index (χ0n) is 13.4. The van der Waals surface area contributed by atoms with Crippen molar-refractivity contribution >= 4 is 29.2 Å². The summed E-state index contributed by atoms with van der Waals surface area (Å²) in [5, 5.41) is 2.83. The molecule has 1 aliphatic rings. The van der Waals surface area contributed by atoms with E-state index in [1.807, 2.05) is 42.6 Å². The predicted octanol–water partition coefficient (Wildman–Crippen LogP) is 1.30. The van der Waals surface area contributed by atoms with E-state index in [1.165, 1.54) is 11.8 Å². The van der Waals surface area contributed by atoms with Gasteiger partial charge in [0.15, 0.2) is 0 Å². The summed E-state index contributed by atoms with van der Waals surface area (Å²) in [6.07, 6.45) is 3.70. The molecule has 1 N–H and O–H groups in total. The SMILES string of the molecule is CN(Cc1cnc2ccccn12)C(=O)C1CSC(C)(C)C(=O)N1. The molecule has 0 radical (unpaired) electrons. The van der Waals surface area contributed by atoms with Crippen LogP contribution in [0.25, 0.3) is 5.65 Å². The smallest absolute Gasteiger partial charge is 0.246 e. The lowest BCUT2D eigenvalue weighted by atomic mass is 10.1. The van der Waals surface area contributed by atoms with Crippen molar-refractivity contribution in [3.05, 3.63) is 36.3 Å². The Morgan fingerprint density at radius 2 is 2.30 bits per heavy atom. The summed E-state index contributed by atoms with van der Waals surface area (Å²) in [6.45, 7) is 4.19. The lowest BCUT2D eigenvalue weighted by molar-refractivity contribution is -0.136. The molecular weight excluding hydrogens is 312 g/mol. The highest BCUT2D eigenvalue weighted by Gasteiger charge is 2.38. The van der Waals surface area contributed by atoms with Crippen LogP contribution in [-0.2, 0) is 16.1 Å². The highest BCUT2D eigenvalue weighted by Crippen LogP contribution is 2.29. The molecule has 0 saturated carbocycles. The molecule has 0 aromatic carbocycles. The molecule has 2 aromatic heterocycles. The molecule has 2 amide bonds. The first-order valence-electron chi connectivity index (χ1n) is 7.49. The van der Waals surface area contributed by atoms with Crippen LogP contribution >= 0.6 is 11.8 Å². The molecule has 7 heteroatoms. The van der Waals surface area contributed by atoms with Gasteiger partial charge in [0.2, 0.25) is 11.8 Å². The zero-order valence-corrected chi connectivity index (χ0v) is 14.3. The second kappa shape index (κ2) is 5.88. The number of pyridine rings is 1. The van der Waals surface area contributed by atoms with Gasteiger partial charge in [0.1, 0.15) is 11.7 Å². The Labute approximate surface area is 139 Å². The van der Waals surface area contributed by atoms with E-state index in [1.54, 1.807) is 18.1 Å². The molecule has 0 bridgehead atoms. The number of fused-ring (bicyclic) bond motifs is 1. The van der Waals surface area contributed by atoms with Crippen LogP contribution in [0, 0.1) is 0 Å². The van der Waals surface area contributed by atoms with Crippen LogP contribution in [0.1, 0.15) is 19.5 Å². The number of hydrogen-bond acceptors (Lipinski definition) is 4. The van der Waals surface area contributed by atoms with Gasteiger partial charge in [-0.3, -0.25) is 9.59 Å². The monoisotopic (exact) mass is 332 g/mol. The summed E-state index contributed by atoms with van der Waals surface area (Å²) < 4.78 is 1.48. The molecule has 3 heterocycles. The van der Waals surface area contributed by atoms with Gasteiger partial charge in [-0.25, -0.2) is 4.98 Å². The molecule has 2 aromatic rings. The third-order valence-electron chi connectivity index (χ3n) is 4.03. The maximum absolute atomic E-state index is 12.6. The van der Waals surface area contributed by atoms with E-state index in [0.717, 1.165) is 11.3 Å². The van der Waals surface area contributed by atoms with E-state index >= 15 is 0 Å². The first-order valence-corrected chi connectivity index (χ1v) is 8.48.